The third kappa shape index (κ3) is 2.82. The zero-order valence-electron chi connectivity index (χ0n) is 13.1. The Morgan fingerprint density at radius 1 is 1.35 bits per heavy atom. The van der Waals surface area contributed by atoms with Crippen molar-refractivity contribution in [1.82, 2.24) is 15.1 Å². The van der Waals surface area contributed by atoms with E-state index < -0.39 is 27.3 Å². The fourth-order valence-corrected chi connectivity index (χ4v) is 5.44. The van der Waals surface area contributed by atoms with Crippen LogP contribution in [0.3, 0.4) is 0 Å². The average Bonchev–Trinajstić information content (AvgIpc) is 3.14. The van der Waals surface area contributed by atoms with Crippen molar-refractivity contribution in [2.45, 2.75) is 43.7 Å². The molecule has 0 unspecified atom stereocenters. The molecule has 1 spiro atoms. The number of amides is 4. The third-order valence-electron chi connectivity index (χ3n) is 5.15. The van der Waals surface area contributed by atoms with Gasteiger partial charge in [-0.1, -0.05) is 12.8 Å². The van der Waals surface area contributed by atoms with Gasteiger partial charge >= 0.3 is 6.03 Å². The largest absolute Gasteiger partial charge is 0.340 e. The van der Waals surface area contributed by atoms with E-state index >= 15 is 0 Å². The highest BCUT2D eigenvalue weighted by molar-refractivity contribution is 7.91. The molecule has 23 heavy (non-hydrogen) atoms. The first-order valence-corrected chi connectivity index (χ1v) is 9.66. The molecular weight excluding hydrogens is 322 g/mol. The number of nitrogens with one attached hydrogen (secondary N) is 1. The summed E-state index contributed by atoms with van der Waals surface area (Å²) in [7, 11) is -1.57. The van der Waals surface area contributed by atoms with E-state index in [9.17, 15) is 22.8 Å². The number of imide groups is 1. The number of nitrogens with zero attached hydrogens (tertiary/aromatic N) is 2. The van der Waals surface area contributed by atoms with Crippen molar-refractivity contribution < 1.29 is 22.8 Å². The van der Waals surface area contributed by atoms with Crippen LogP contribution in [0.25, 0.3) is 0 Å². The van der Waals surface area contributed by atoms with Crippen molar-refractivity contribution in [2.24, 2.45) is 0 Å². The third-order valence-corrected chi connectivity index (χ3v) is 6.90. The molecule has 0 radical (unpaired) electrons. The molecule has 4 amide bonds. The number of urea groups is 1. The molecule has 1 saturated carbocycles. The highest BCUT2D eigenvalue weighted by Crippen LogP contribution is 2.35. The molecular formula is C14H21N3O5S. The maximum atomic E-state index is 12.5. The van der Waals surface area contributed by atoms with Gasteiger partial charge in [0.25, 0.3) is 5.91 Å². The van der Waals surface area contributed by atoms with Crippen molar-refractivity contribution in [1.29, 1.82) is 0 Å². The molecule has 0 bridgehead atoms. The molecule has 8 nitrogen and oxygen atoms in total. The van der Waals surface area contributed by atoms with Crippen LogP contribution in [-0.2, 0) is 19.4 Å². The quantitative estimate of drug-likeness (QED) is 0.696. The highest BCUT2D eigenvalue weighted by atomic mass is 32.2. The van der Waals surface area contributed by atoms with E-state index in [1.165, 1.54) is 11.9 Å². The van der Waals surface area contributed by atoms with Crippen LogP contribution in [0.2, 0.25) is 0 Å². The summed E-state index contributed by atoms with van der Waals surface area (Å²) in [5.74, 6) is -0.729. The number of carbonyl (C=O) groups is 3. The molecule has 0 aromatic rings. The van der Waals surface area contributed by atoms with E-state index in [4.69, 9.17) is 0 Å². The van der Waals surface area contributed by atoms with Crippen molar-refractivity contribution >= 4 is 27.7 Å². The minimum absolute atomic E-state index is 0.0562. The molecule has 1 aliphatic carbocycles. The summed E-state index contributed by atoms with van der Waals surface area (Å²) in [5, 5.41) is 2.73. The summed E-state index contributed by atoms with van der Waals surface area (Å²) in [6.07, 6.45) is 3.38. The standard InChI is InChI=1S/C14H21N3O5S/c1-16(10-4-7-23(21,22)9-10)11(18)8-17-12(19)14(15-13(17)20)5-2-3-6-14/h10H,2-9H2,1H3,(H,15,20)/t10-/m0/s1. The van der Waals surface area contributed by atoms with E-state index in [1.54, 1.807) is 0 Å². The van der Waals surface area contributed by atoms with E-state index in [0.29, 0.717) is 19.3 Å². The molecule has 3 aliphatic rings. The van der Waals surface area contributed by atoms with Crippen molar-refractivity contribution in [3.63, 3.8) is 0 Å². The molecule has 128 valence electrons. The number of sulfone groups is 1. The Morgan fingerprint density at radius 3 is 2.57 bits per heavy atom. The number of carbonyl (C=O) groups excluding carboxylic acids is 3. The molecule has 3 rings (SSSR count). The number of likely N-dealkylation sites (N-methyl/N-ethyl adjacent to an activating group) is 1. The lowest BCUT2D eigenvalue weighted by molar-refractivity contribution is -0.139. The Morgan fingerprint density at radius 2 is 2.00 bits per heavy atom. The molecule has 0 aromatic carbocycles. The smallest absolute Gasteiger partial charge is 0.325 e. The van der Waals surface area contributed by atoms with Crippen molar-refractivity contribution in [2.75, 3.05) is 25.1 Å². The Labute approximate surface area is 135 Å². The average molecular weight is 343 g/mol. The summed E-state index contributed by atoms with van der Waals surface area (Å²) >= 11 is 0. The SMILES string of the molecule is CN(C(=O)CN1C(=O)NC2(CCCC2)C1=O)[C@H]1CCS(=O)(=O)C1. The van der Waals surface area contributed by atoms with Gasteiger partial charge in [0.2, 0.25) is 5.91 Å². The Balaban J connectivity index is 1.66. The topological polar surface area (TPSA) is 104 Å². The van der Waals surface area contributed by atoms with Crippen LogP contribution in [0.15, 0.2) is 0 Å². The van der Waals surface area contributed by atoms with E-state index in [-0.39, 0.29) is 30.0 Å². The first kappa shape index (κ1) is 16.2. The molecule has 3 fully saturated rings. The van der Waals surface area contributed by atoms with Gasteiger partial charge in [-0.15, -0.1) is 0 Å². The summed E-state index contributed by atoms with van der Waals surface area (Å²) in [6, 6.07) is -0.911. The van der Waals surface area contributed by atoms with Gasteiger partial charge in [0.1, 0.15) is 12.1 Å². The van der Waals surface area contributed by atoms with Crippen LogP contribution >= 0.6 is 0 Å². The maximum Gasteiger partial charge on any atom is 0.325 e. The van der Waals surface area contributed by atoms with Gasteiger partial charge in [-0.3, -0.25) is 14.5 Å². The lowest BCUT2D eigenvalue weighted by Crippen LogP contribution is -2.47. The molecule has 0 aromatic heterocycles. The molecule has 1 N–H and O–H groups in total. The van der Waals surface area contributed by atoms with E-state index in [1.807, 2.05) is 0 Å². The summed E-state index contributed by atoms with van der Waals surface area (Å²) in [5.41, 5.74) is -0.827. The molecule has 2 aliphatic heterocycles. The molecule has 2 heterocycles. The summed E-state index contributed by atoms with van der Waals surface area (Å²) in [4.78, 5) is 39.2. The number of rotatable bonds is 3. The summed E-state index contributed by atoms with van der Waals surface area (Å²) < 4.78 is 23.0. The maximum absolute atomic E-state index is 12.5. The van der Waals surface area contributed by atoms with Gasteiger partial charge in [-0.2, -0.15) is 0 Å². The Kier molecular flexibility index (Phi) is 3.86. The fourth-order valence-electron chi connectivity index (χ4n) is 3.67. The molecule has 9 heteroatoms. The van der Waals surface area contributed by atoms with Crippen LogP contribution in [0, 0.1) is 0 Å². The van der Waals surface area contributed by atoms with Gasteiger partial charge in [0, 0.05) is 13.1 Å². The number of hydrogen-bond acceptors (Lipinski definition) is 5. The van der Waals surface area contributed by atoms with Gasteiger partial charge < -0.3 is 10.2 Å². The minimum Gasteiger partial charge on any atom is -0.340 e. The second kappa shape index (κ2) is 5.47. The van der Waals surface area contributed by atoms with Gasteiger partial charge in [0.15, 0.2) is 9.84 Å². The van der Waals surface area contributed by atoms with Crippen LogP contribution < -0.4 is 5.32 Å². The Hall–Kier alpha value is -1.64. The lowest BCUT2D eigenvalue weighted by atomic mass is 9.98. The molecule has 2 saturated heterocycles. The van der Waals surface area contributed by atoms with Crippen LogP contribution in [0.5, 0.6) is 0 Å². The fraction of sp³-hybridized carbons (Fsp3) is 0.786. The molecule has 1 atom stereocenters. The first-order valence-electron chi connectivity index (χ1n) is 7.84. The van der Waals surface area contributed by atoms with E-state index in [2.05, 4.69) is 5.32 Å². The Bertz CT molecular complexity index is 653. The second-order valence-corrected chi connectivity index (χ2v) is 8.90. The van der Waals surface area contributed by atoms with Crippen LogP contribution in [0.1, 0.15) is 32.1 Å². The normalized spacial score (nSPS) is 28.4. The van der Waals surface area contributed by atoms with Gasteiger partial charge in [-0.25, -0.2) is 13.2 Å². The van der Waals surface area contributed by atoms with Crippen LogP contribution in [0.4, 0.5) is 4.79 Å². The zero-order valence-corrected chi connectivity index (χ0v) is 13.9. The van der Waals surface area contributed by atoms with Crippen LogP contribution in [-0.4, -0.2) is 72.7 Å². The van der Waals surface area contributed by atoms with E-state index in [0.717, 1.165) is 17.7 Å². The monoisotopic (exact) mass is 343 g/mol. The summed E-state index contributed by atoms with van der Waals surface area (Å²) in [6.45, 7) is -0.334. The predicted molar refractivity (Wildman–Crippen MR) is 81.3 cm³/mol. The van der Waals surface area contributed by atoms with Gasteiger partial charge in [-0.05, 0) is 19.3 Å². The predicted octanol–water partition coefficient (Wildman–Crippen LogP) is -0.503. The lowest BCUT2D eigenvalue weighted by Gasteiger charge is -2.25. The number of hydrogen-bond donors (Lipinski definition) is 1. The first-order chi connectivity index (χ1) is 10.7. The van der Waals surface area contributed by atoms with Gasteiger partial charge in [0.05, 0.1) is 11.5 Å². The highest BCUT2D eigenvalue weighted by Gasteiger charge is 2.53. The second-order valence-electron chi connectivity index (χ2n) is 6.67. The minimum atomic E-state index is -3.09. The zero-order chi connectivity index (χ0) is 16.8. The van der Waals surface area contributed by atoms with Crippen molar-refractivity contribution in [3.05, 3.63) is 0 Å². The van der Waals surface area contributed by atoms with Crippen molar-refractivity contribution in [3.8, 4) is 0 Å².